The van der Waals surface area contributed by atoms with Gasteiger partial charge in [-0.1, -0.05) is 17.3 Å². The van der Waals surface area contributed by atoms with Gasteiger partial charge in [-0.2, -0.15) is 14.3 Å². The lowest BCUT2D eigenvalue weighted by atomic mass is 10.2. The van der Waals surface area contributed by atoms with Crippen LogP contribution >= 0.6 is 11.5 Å². The Balaban J connectivity index is 1.47. The Morgan fingerprint density at radius 2 is 1.97 bits per heavy atom. The van der Waals surface area contributed by atoms with E-state index in [-0.39, 0.29) is 12.4 Å². The Morgan fingerprint density at radius 3 is 2.72 bits per heavy atom. The van der Waals surface area contributed by atoms with Crippen LogP contribution in [0, 0.1) is 12.7 Å². The van der Waals surface area contributed by atoms with E-state index in [9.17, 15) is 9.18 Å². The first-order chi connectivity index (χ1) is 14.1. The number of aromatic nitrogens is 4. The SMILES string of the molecule is Cc1nc(COc2ccccc2C(=O)Nc2nc(-c3ccc(F)cc3)ns2)no1. The Morgan fingerprint density at radius 1 is 1.17 bits per heavy atom. The molecule has 146 valence electrons. The molecule has 2 heterocycles. The lowest BCUT2D eigenvalue weighted by Gasteiger charge is -2.09. The van der Waals surface area contributed by atoms with E-state index in [0.717, 1.165) is 11.5 Å². The second-order valence-electron chi connectivity index (χ2n) is 5.90. The van der Waals surface area contributed by atoms with Crippen molar-refractivity contribution < 1.29 is 18.4 Å². The van der Waals surface area contributed by atoms with Crippen molar-refractivity contribution in [3.63, 3.8) is 0 Å². The van der Waals surface area contributed by atoms with Gasteiger partial charge in [0.05, 0.1) is 5.56 Å². The van der Waals surface area contributed by atoms with Crippen LogP contribution in [0.25, 0.3) is 11.4 Å². The summed E-state index contributed by atoms with van der Waals surface area (Å²) in [6.45, 7) is 1.75. The molecule has 0 fully saturated rings. The van der Waals surface area contributed by atoms with Gasteiger partial charge in [-0.15, -0.1) is 0 Å². The predicted octanol–water partition coefficient (Wildman–Crippen LogP) is 3.87. The highest BCUT2D eigenvalue weighted by atomic mass is 32.1. The molecule has 4 aromatic rings. The van der Waals surface area contributed by atoms with E-state index in [1.165, 1.54) is 12.1 Å². The number of rotatable bonds is 6. The van der Waals surface area contributed by atoms with Crippen molar-refractivity contribution in [3.05, 3.63) is 71.6 Å². The zero-order valence-corrected chi connectivity index (χ0v) is 15.9. The summed E-state index contributed by atoms with van der Waals surface area (Å²) in [5.41, 5.74) is 0.980. The first-order valence-corrected chi connectivity index (χ1v) is 9.28. The minimum atomic E-state index is -0.397. The fourth-order valence-electron chi connectivity index (χ4n) is 2.48. The van der Waals surface area contributed by atoms with Gasteiger partial charge in [-0.3, -0.25) is 10.1 Å². The molecule has 0 aliphatic rings. The number of carbonyl (C=O) groups excluding carboxylic acids is 1. The Kier molecular flexibility index (Phi) is 5.25. The Bertz CT molecular complexity index is 1140. The van der Waals surface area contributed by atoms with Crippen molar-refractivity contribution in [1.82, 2.24) is 19.5 Å². The molecule has 0 unspecified atom stereocenters. The molecule has 0 atom stereocenters. The van der Waals surface area contributed by atoms with Crippen molar-refractivity contribution in [1.29, 1.82) is 0 Å². The largest absolute Gasteiger partial charge is 0.485 e. The molecule has 2 aromatic carbocycles. The maximum Gasteiger partial charge on any atom is 0.261 e. The number of nitrogens with one attached hydrogen (secondary N) is 1. The molecule has 0 radical (unpaired) electrons. The fraction of sp³-hybridized carbons (Fsp3) is 0.105. The summed E-state index contributed by atoms with van der Waals surface area (Å²) in [6, 6.07) is 12.6. The molecule has 0 bridgehead atoms. The summed E-state index contributed by atoms with van der Waals surface area (Å²) < 4.78 is 27.8. The van der Waals surface area contributed by atoms with Crippen LogP contribution in [0.1, 0.15) is 22.1 Å². The van der Waals surface area contributed by atoms with Crippen molar-refractivity contribution >= 4 is 22.6 Å². The number of amides is 1. The highest BCUT2D eigenvalue weighted by molar-refractivity contribution is 7.10. The number of para-hydroxylation sites is 1. The van der Waals surface area contributed by atoms with Crippen molar-refractivity contribution in [2.24, 2.45) is 0 Å². The number of hydrogen-bond donors (Lipinski definition) is 1. The average Bonchev–Trinajstić information content (AvgIpc) is 3.36. The molecule has 29 heavy (non-hydrogen) atoms. The van der Waals surface area contributed by atoms with Crippen LogP contribution in [-0.2, 0) is 6.61 Å². The van der Waals surface area contributed by atoms with E-state index in [0.29, 0.717) is 39.5 Å². The summed E-state index contributed by atoms with van der Waals surface area (Å²) in [7, 11) is 0. The molecule has 1 N–H and O–H groups in total. The van der Waals surface area contributed by atoms with E-state index < -0.39 is 5.91 Å². The summed E-state index contributed by atoms with van der Waals surface area (Å²) in [6.07, 6.45) is 0. The van der Waals surface area contributed by atoms with E-state index >= 15 is 0 Å². The maximum atomic E-state index is 13.1. The number of aryl methyl sites for hydroxylation is 1. The van der Waals surface area contributed by atoms with Gasteiger partial charge in [0.25, 0.3) is 5.91 Å². The second-order valence-corrected chi connectivity index (χ2v) is 6.65. The predicted molar refractivity (Wildman–Crippen MR) is 103 cm³/mol. The molecule has 2 aromatic heterocycles. The number of benzene rings is 2. The topological polar surface area (TPSA) is 103 Å². The molecule has 8 nitrogen and oxygen atoms in total. The fourth-order valence-corrected chi connectivity index (χ4v) is 3.06. The van der Waals surface area contributed by atoms with E-state index in [2.05, 4.69) is 24.8 Å². The smallest absolute Gasteiger partial charge is 0.261 e. The van der Waals surface area contributed by atoms with E-state index in [1.807, 2.05) is 0 Å². The molecular weight excluding hydrogens is 397 g/mol. The van der Waals surface area contributed by atoms with Gasteiger partial charge >= 0.3 is 0 Å². The average molecular weight is 411 g/mol. The van der Waals surface area contributed by atoms with E-state index in [1.54, 1.807) is 43.3 Å². The number of hydrogen-bond acceptors (Lipinski definition) is 8. The summed E-state index contributed by atoms with van der Waals surface area (Å²) in [5.74, 6) is 0.850. The number of carbonyl (C=O) groups is 1. The minimum Gasteiger partial charge on any atom is -0.485 e. The number of nitrogens with zero attached hydrogens (tertiary/aromatic N) is 4. The Labute approximate surface area is 168 Å². The van der Waals surface area contributed by atoms with Crippen LogP contribution in [0.3, 0.4) is 0 Å². The molecule has 4 rings (SSSR count). The molecular formula is C19H14FN5O3S. The lowest BCUT2D eigenvalue weighted by Crippen LogP contribution is -2.13. The number of anilines is 1. The highest BCUT2D eigenvalue weighted by Crippen LogP contribution is 2.24. The summed E-state index contributed by atoms with van der Waals surface area (Å²) in [5, 5.41) is 6.78. The van der Waals surface area contributed by atoms with Gasteiger partial charge in [0.15, 0.2) is 12.4 Å². The molecule has 1 amide bonds. The summed E-state index contributed by atoms with van der Waals surface area (Å²) in [4.78, 5) is 21.0. The van der Waals surface area contributed by atoms with Gasteiger partial charge in [-0.25, -0.2) is 4.39 Å². The monoisotopic (exact) mass is 411 g/mol. The molecule has 0 aliphatic carbocycles. The molecule has 0 aliphatic heterocycles. The van der Waals surface area contributed by atoms with Crippen molar-refractivity contribution in [2.45, 2.75) is 13.5 Å². The van der Waals surface area contributed by atoms with Gasteiger partial charge in [0.2, 0.25) is 16.8 Å². The van der Waals surface area contributed by atoms with Crippen LogP contribution < -0.4 is 10.1 Å². The second kappa shape index (κ2) is 8.15. The molecule has 0 saturated heterocycles. The van der Waals surface area contributed by atoms with Crippen molar-refractivity contribution in [3.8, 4) is 17.1 Å². The van der Waals surface area contributed by atoms with E-state index in [4.69, 9.17) is 9.26 Å². The van der Waals surface area contributed by atoms with Crippen molar-refractivity contribution in [2.75, 3.05) is 5.32 Å². The van der Waals surface area contributed by atoms with Crippen LogP contribution in [0.15, 0.2) is 53.1 Å². The zero-order valence-electron chi connectivity index (χ0n) is 15.1. The first-order valence-electron chi connectivity index (χ1n) is 8.50. The van der Waals surface area contributed by atoms with Crippen LogP contribution in [0.5, 0.6) is 5.75 Å². The van der Waals surface area contributed by atoms with Gasteiger partial charge < -0.3 is 9.26 Å². The maximum absolute atomic E-state index is 13.1. The summed E-state index contributed by atoms with van der Waals surface area (Å²) >= 11 is 1.03. The minimum absolute atomic E-state index is 0.0646. The first kappa shape index (κ1) is 18.7. The molecule has 0 spiro atoms. The lowest BCUT2D eigenvalue weighted by molar-refractivity contribution is 0.102. The third-order valence-electron chi connectivity index (χ3n) is 3.81. The van der Waals surface area contributed by atoms with Gasteiger partial charge in [0, 0.05) is 24.0 Å². The quantitative estimate of drug-likeness (QED) is 0.514. The third kappa shape index (κ3) is 4.43. The van der Waals surface area contributed by atoms with Gasteiger partial charge in [-0.05, 0) is 36.4 Å². The molecule has 0 saturated carbocycles. The molecule has 10 heteroatoms. The van der Waals surface area contributed by atoms with Gasteiger partial charge in [0.1, 0.15) is 11.6 Å². The third-order valence-corrected chi connectivity index (χ3v) is 4.44. The Hall–Kier alpha value is -3.66. The van der Waals surface area contributed by atoms with Crippen LogP contribution in [-0.4, -0.2) is 25.4 Å². The normalized spacial score (nSPS) is 10.7. The number of halogens is 1. The highest BCUT2D eigenvalue weighted by Gasteiger charge is 2.16. The standard InChI is InChI=1S/C19H14FN5O3S/c1-11-21-16(24-28-11)10-27-15-5-3-2-4-14(15)18(26)23-19-22-17(25-29-19)12-6-8-13(20)9-7-12/h2-9H,10H2,1H3,(H,22,23,25,26). The van der Waals surface area contributed by atoms with Crippen LogP contribution in [0.4, 0.5) is 9.52 Å². The number of ether oxygens (including phenoxy) is 1. The zero-order chi connectivity index (χ0) is 20.2. The van der Waals surface area contributed by atoms with Crippen LogP contribution in [0.2, 0.25) is 0 Å².